The van der Waals surface area contributed by atoms with Crippen LogP contribution in [-0.4, -0.2) is 26.4 Å². The second-order valence-corrected chi connectivity index (χ2v) is 7.68. The quantitative estimate of drug-likeness (QED) is 0.364. The first-order valence-corrected chi connectivity index (χ1v) is 10.5. The predicted octanol–water partition coefficient (Wildman–Crippen LogP) is 5.13. The van der Waals surface area contributed by atoms with Crippen LogP contribution in [0.2, 0.25) is 5.02 Å². The number of rotatable bonds is 9. The molecule has 1 heterocycles. The van der Waals surface area contributed by atoms with Gasteiger partial charge in [-0.25, -0.2) is 4.39 Å². The zero-order chi connectivity index (χ0) is 21.5. The van der Waals surface area contributed by atoms with Gasteiger partial charge in [0.05, 0.1) is 5.75 Å². The number of anilines is 1. The Bertz CT molecular complexity index is 1010. The predicted molar refractivity (Wildman–Crippen MR) is 116 cm³/mol. The van der Waals surface area contributed by atoms with Gasteiger partial charge in [0.25, 0.3) is 0 Å². The molecule has 1 N–H and O–H groups in total. The molecule has 1 aromatic heterocycles. The van der Waals surface area contributed by atoms with Crippen molar-refractivity contribution in [2.75, 3.05) is 11.1 Å². The molecular formula is C21H20ClFN4O2S. The van der Waals surface area contributed by atoms with Crippen LogP contribution in [0.15, 0.2) is 66.3 Å². The monoisotopic (exact) mass is 446 g/mol. The summed E-state index contributed by atoms with van der Waals surface area (Å²) in [4.78, 5) is 12.3. The summed E-state index contributed by atoms with van der Waals surface area (Å²) in [7, 11) is 0. The van der Waals surface area contributed by atoms with Crippen LogP contribution in [0, 0.1) is 5.82 Å². The van der Waals surface area contributed by atoms with Crippen molar-refractivity contribution in [1.82, 2.24) is 14.8 Å². The number of hydrogen-bond acceptors (Lipinski definition) is 5. The Hall–Kier alpha value is -2.84. The number of carbonyl (C=O) groups is 1. The number of ether oxygens (including phenoxy) is 1. The van der Waals surface area contributed by atoms with Crippen molar-refractivity contribution in [2.45, 2.75) is 24.7 Å². The average molecular weight is 447 g/mol. The second kappa shape index (κ2) is 10.3. The summed E-state index contributed by atoms with van der Waals surface area (Å²) in [6, 6.07) is 12.6. The fourth-order valence-electron chi connectivity index (χ4n) is 2.64. The van der Waals surface area contributed by atoms with Crippen molar-refractivity contribution in [3.63, 3.8) is 0 Å². The largest absolute Gasteiger partial charge is 0.483 e. The van der Waals surface area contributed by atoms with Crippen LogP contribution >= 0.6 is 23.4 Å². The minimum atomic E-state index is -0.430. The molecule has 30 heavy (non-hydrogen) atoms. The van der Waals surface area contributed by atoms with Crippen molar-refractivity contribution in [3.8, 4) is 5.75 Å². The van der Waals surface area contributed by atoms with Gasteiger partial charge < -0.3 is 10.1 Å². The van der Waals surface area contributed by atoms with Gasteiger partial charge in [0, 0.05) is 17.3 Å². The van der Waals surface area contributed by atoms with Crippen LogP contribution in [0.5, 0.6) is 5.75 Å². The maximum Gasteiger partial charge on any atom is 0.234 e. The van der Waals surface area contributed by atoms with Gasteiger partial charge in [0.1, 0.15) is 11.6 Å². The van der Waals surface area contributed by atoms with E-state index in [1.54, 1.807) is 42.5 Å². The van der Waals surface area contributed by atoms with Crippen LogP contribution in [0.25, 0.3) is 0 Å². The van der Waals surface area contributed by atoms with E-state index in [0.717, 1.165) is 0 Å². The standard InChI is InChI=1S/C21H20ClFN4O2S/c1-3-12-27-20(14(2)29-18-10-6-16(23)7-11-18)25-26-21(27)30-13-19(28)24-17-8-4-15(22)5-9-17/h3-11,14H,1,12-13H2,2H3,(H,24,28). The van der Waals surface area contributed by atoms with Crippen LogP contribution in [0.3, 0.4) is 0 Å². The lowest BCUT2D eigenvalue weighted by molar-refractivity contribution is -0.113. The Kier molecular flexibility index (Phi) is 7.48. The van der Waals surface area contributed by atoms with Crippen LogP contribution in [0.4, 0.5) is 10.1 Å². The Morgan fingerprint density at radius 2 is 1.97 bits per heavy atom. The van der Waals surface area contributed by atoms with E-state index in [-0.39, 0.29) is 17.5 Å². The third-order valence-electron chi connectivity index (χ3n) is 4.01. The molecule has 1 atom stereocenters. The molecule has 3 rings (SSSR count). The van der Waals surface area contributed by atoms with Gasteiger partial charge in [-0.05, 0) is 55.5 Å². The number of hydrogen-bond donors (Lipinski definition) is 1. The smallest absolute Gasteiger partial charge is 0.234 e. The van der Waals surface area contributed by atoms with E-state index in [9.17, 15) is 9.18 Å². The summed E-state index contributed by atoms with van der Waals surface area (Å²) in [6.45, 7) is 6.06. The van der Waals surface area contributed by atoms with Crippen LogP contribution in [-0.2, 0) is 11.3 Å². The molecule has 0 aliphatic rings. The van der Waals surface area contributed by atoms with Crippen molar-refractivity contribution in [3.05, 3.63) is 77.9 Å². The van der Waals surface area contributed by atoms with E-state index >= 15 is 0 Å². The number of nitrogens with one attached hydrogen (secondary N) is 1. The van der Waals surface area contributed by atoms with E-state index < -0.39 is 6.10 Å². The van der Waals surface area contributed by atoms with Crippen LogP contribution < -0.4 is 10.1 Å². The maximum atomic E-state index is 13.1. The van der Waals surface area contributed by atoms with Crippen LogP contribution in [0.1, 0.15) is 18.9 Å². The lowest BCUT2D eigenvalue weighted by Crippen LogP contribution is -2.15. The highest BCUT2D eigenvalue weighted by molar-refractivity contribution is 7.99. The third kappa shape index (κ3) is 5.84. The van der Waals surface area contributed by atoms with E-state index in [1.165, 1.54) is 23.9 Å². The Morgan fingerprint density at radius 1 is 1.27 bits per heavy atom. The molecule has 3 aromatic rings. The van der Waals surface area contributed by atoms with E-state index in [1.807, 2.05) is 11.5 Å². The number of allylic oxidation sites excluding steroid dienone is 1. The topological polar surface area (TPSA) is 69.0 Å². The summed E-state index contributed by atoms with van der Waals surface area (Å²) >= 11 is 7.11. The Labute approximate surface area is 183 Å². The number of benzene rings is 2. The SMILES string of the molecule is C=CCn1c(SCC(=O)Nc2ccc(Cl)cc2)nnc1C(C)Oc1ccc(F)cc1. The fourth-order valence-corrected chi connectivity index (χ4v) is 3.52. The lowest BCUT2D eigenvalue weighted by Gasteiger charge is -2.15. The normalized spacial score (nSPS) is 11.7. The number of aromatic nitrogens is 3. The summed E-state index contributed by atoms with van der Waals surface area (Å²) < 4.78 is 20.8. The van der Waals surface area contributed by atoms with Gasteiger partial charge >= 0.3 is 0 Å². The van der Waals surface area contributed by atoms with Gasteiger partial charge in [0.2, 0.25) is 5.91 Å². The van der Waals surface area contributed by atoms with Gasteiger partial charge in [-0.1, -0.05) is 29.4 Å². The highest BCUT2D eigenvalue weighted by Gasteiger charge is 2.20. The number of carbonyl (C=O) groups excluding carboxylic acids is 1. The number of halogens is 2. The minimum absolute atomic E-state index is 0.158. The first-order chi connectivity index (χ1) is 14.5. The average Bonchev–Trinajstić information content (AvgIpc) is 3.13. The second-order valence-electron chi connectivity index (χ2n) is 6.30. The Morgan fingerprint density at radius 3 is 2.63 bits per heavy atom. The van der Waals surface area contributed by atoms with E-state index in [4.69, 9.17) is 16.3 Å². The molecule has 0 saturated carbocycles. The first-order valence-electron chi connectivity index (χ1n) is 9.10. The molecule has 1 unspecified atom stereocenters. The molecule has 0 bridgehead atoms. The zero-order valence-corrected chi connectivity index (χ0v) is 17.8. The number of nitrogens with zero attached hydrogens (tertiary/aromatic N) is 3. The van der Waals surface area contributed by atoms with Gasteiger partial charge in [-0.3, -0.25) is 9.36 Å². The van der Waals surface area contributed by atoms with Crippen molar-refractivity contribution < 1.29 is 13.9 Å². The van der Waals surface area contributed by atoms with E-state index in [0.29, 0.717) is 34.0 Å². The summed E-state index contributed by atoms with van der Waals surface area (Å²) in [5.41, 5.74) is 0.666. The van der Waals surface area contributed by atoms with E-state index in [2.05, 4.69) is 22.1 Å². The van der Waals surface area contributed by atoms with Gasteiger partial charge in [0.15, 0.2) is 17.1 Å². The van der Waals surface area contributed by atoms with Crippen molar-refractivity contribution in [1.29, 1.82) is 0 Å². The minimum Gasteiger partial charge on any atom is -0.483 e. The molecule has 0 spiro atoms. The van der Waals surface area contributed by atoms with Crippen molar-refractivity contribution >= 4 is 35.0 Å². The molecule has 156 valence electrons. The van der Waals surface area contributed by atoms with Gasteiger partial charge in [-0.2, -0.15) is 0 Å². The zero-order valence-electron chi connectivity index (χ0n) is 16.2. The molecule has 1 amide bonds. The highest BCUT2D eigenvalue weighted by Crippen LogP contribution is 2.25. The summed E-state index contributed by atoms with van der Waals surface area (Å²) in [6.07, 6.45) is 1.29. The van der Waals surface area contributed by atoms with Crippen molar-refractivity contribution in [2.24, 2.45) is 0 Å². The Balaban J connectivity index is 1.65. The molecule has 0 fully saturated rings. The molecule has 9 heteroatoms. The molecule has 2 aromatic carbocycles. The molecule has 6 nitrogen and oxygen atoms in total. The molecular weight excluding hydrogens is 427 g/mol. The number of amides is 1. The lowest BCUT2D eigenvalue weighted by atomic mass is 10.3. The fraction of sp³-hybridized carbons (Fsp3) is 0.190. The summed E-state index contributed by atoms with van der Waals surface area (Å²) in [5.74, 6) is 0.756. The highest BCUT2D eigenvalue weighted by atomic mass is 35.5. The molecule has 0 saturated heterocycles. The van der Waals surface area contributed by atoms with Gasteiger partial charge in [-0.15, -0.1) is 16.8 Å². The third-order valence-corrected chi connectivity index (χ3v) is 5.23. The molecule has 0 aliphatic heterocycles. The maximum absolute atomic E-state index is 13.1. The summed E-state index contributed by atoms with van der Waals surface area (Å²) in [5, 5.41) is 12.4. The molecule has 0 aliphatic carbocycles. The molecule has 0 radical (unpaired) electrons. The first kappa shape index (κ1) is 21.9. The number of thioether (sulfide) groups is 1.